The van der Waals surface area contributed by atoms with Crippen molar-refractivity contribution < 1.29 is 13.2 Å². The summed E-state index contributed by atoms with van der Waals surface area (Å²) in [7, 11) is 0. The minimum Gasteiger partial charge on any atom is -0.198 e. The second-order valence-corrected chi connectivity index (χ2v) is 2.01. The summed E-state index contributed by atoms with van der Waals surface area (Å²) in [5.41, 5.74) is 0. The van der Waals surface area contributed by atoms with Crippen LogP contribution in [0.3, 0.4) is 0 Å². The molecule has 0 aromatic carbocycles. The zero-order valence-corrected chi connectivity index (χ0v) is 5.57. The lowest BCUT2D eigenvalue weighted by atomic mass is 10.1. The number of hydrogen-bond acceptors (Lipinski definition) is 1. The molecule has 0 aliphatic rings. The average Bonchev–Trinajstić information content (AvgIpc) is 1.80. The van der Waals surface area contributed by atoms with Gasteiger partial charge in [0.2, 0.25) is 0 Å². The molecule has 0 aliphatic carbocycles. The first kappa shape index (κ1) is 9.28. The van der Waals surface area contributed by atoms with Crippen molar-refractivity contribution in [1.82, 2.24) is 0 Å². The lowest BCUT2D eigenvalue weighted by molar-refractivity contribution is -0.160. The van der Waals surface area contributed by atoms with E-state index in [9.17, 15) is 13.2 Å². The van der Waals surface area contributed by atoms with Crippen LogP contribution in [0, 0.1) is 17.2 Å². The molecule has 0 aliphatic heterocycles. The minimum absolute atomic E-state index is 0.0972. The van der Waals surface area contributed by atoms with Gasteiger partial charge < -0.3 is 0 Å². The van der Waals surface area contributed by atoms with Gasteiger partial charge in [-0.05, 0) is 6.42 Å². The summed E-state index contributed by atoms with van der Waals surface area (Å²) < 4.78 is 35.1. The standard InChI is InChI=1S/C6H8F3N/c1-2-3-5(4-10)6(7,8)9/h5H,2-3H2,1H3. The van der Waals surface area contributed by atoms with E-state index in [2.05, 4.69) is 0 Å². The third kappa shape index (κ3) is 2.72. The Morgan fingerprint density at radius 2 is 2.00 bits per heavy atom. The van der Waals surface area contributed by atoms with E-state index < -0.39 is 12.1 Å². The van der Waals surface area contributed by atoms with Crippen molar-refractivity contribution in [2.24, 2.45) is 5.92 Å². The molecule has 1 unspecified atom stereocenters. The monoisotopic (exact) mass is 151 g/mol. The summed E-state index contributed by atoms with van der Waals surface area (Å²) in [5, 5.41) is 8.02. The molecule has 1 atom stereocenters. The first-order valence-corrected chi connectivity index (χ1v) is 2.98. The van der Waals surface area contributed by atoms with Gasteiger partial charge in [-0.3, -0.25) is 0 Å². The van der Waals surface area contributed by atoms with Crippen LogP contribution in [-0.4, -0.2) is 6.18 Å². The molecule has 0 bridgehead atoms. The smallest absolute Gasteiger partial charge is 0.198 e. The lowest BCUT2D eigenvalue weighted by Crippen LogP contribution is -2.20. The molecule has 0 radical (unpaired) electrons. The molecule has 0 rings (SSSR count). The molecule has 0 aromatic rings. The van der Waals surface area contributed by atoms with E-state index in [-0.39, 0.29) is 6.42 Å². The normalized spacial score (nSPS) is 14.3. The van der Waals surface area contributed by atoms with Gasteiger partial charge in [0.15, 0.2) is 0 Å². The van der Waals surface area contributed by atoms with Crippen molar-refractivity contribution in [2.75, 3.05) is 0 Å². The van der Waals surface area contributed by atoms with Gasteiger partial charge in [0.25, 0.3) is 0 Å². The summed E-state index contributed by atoms with van der Waals surface area (Å²) >= 11 is 0. The molecule has 0 saturated carbocycles. The molecule has 0 heterocycles. The Bertz CT molecular complexity index is 133. The van der Waals surface area contributed by atoms with Crippen molar-refractivity contribution >= 4 is 0 Å². The van der Waals surface area contributed by atoms with Gasteiger partial charge in [-0.25, -0.2) is 0 Å². The van der Waals surface area contributed by atoms with E-state index >= 15 is 0 Å². The number of rotatable bonds is 2. The third-order valence-corrected chi connectivity index (χ3v) is 1.13. The number of alkyl halides is 3. The third-order valence-electron chi connectivity index (χ3n) is 1.13. The minimum atomic E-state index is -4.34. The molecular weight excluding hydrogens is 143 g/mol. The lowest BCUT2D eigenvalue weighted by Gasteiger charge is -2.10. The highest BCUT2D eigenvalue weighted by atomic mass is 19.4. The van der Waals surface area contributed by atoms with E-state index in [1.54, 1.807) is 6.92 Å². The van der Waals surface area contributed by atoms with Gasteiger partial charge >= 0.3 is 6.18 Å². The molecule has 0 spiro atoms. The highest BCUT2D eigenvalue weighted by Gasteiger charge is 2.38. The first-order chi connectivity index (χ1) is 4.52. The van der Waals surface area contributed by atoms with Crippen LogP contribution >= 0.6 is 0 Å². The first-order valence-electron chi connectivity index (χ1n) is 2.98. The predicted octanol–water partition coefficient (Wildman–Crippen LogP) is 2.49. The highest BCUT2D eigenvalue weighted by molar-refractivity contribution is 4.87. The molecule has 0 aromatic heterocycles. The SMILES string of the molecule is CCCC(C#N)C(F)(F)F. The van der Waals surface area contributed by atoms with Crippen molar-refractivity contribution in [2.45, 2.75) is 25.9 Å². The van der Waals surface area contributed by atoms with Crippen molar-refractivity contribution in [3.63, 3.8) is 0 Å². The van der Waals surface area contributed by atoms with Crippen LogP contribution in [0.1, 0.15) is 19.8 Å². The molecule has 58 valence electrons. The maximum absolute atomic E-state index is 11.7. The van der Waals surface area contributed by atoms with Crippen molar-refractivity contribution in [1.29, 1.82) is 5.26 Å². The topological polar surface area (TPSA) is 23.8 Å². The molecule has 10 heavy (non-hydrogen) atoms. The van der Waals surface area contributed by atoms with Crippen LogP contribution in [0.25, 0.3) is 0 Å². The van der Waals surface area contributed by atoms with Crippen LogP contribution in [0.15, 0.2) is 0 Å². The predicted molar refractivity (Wildman–Crippen MR) is 30.1 cm³/mol. The van der Waals surface area contributed by atoms with E-state index in [1.165, 1.54) is 6.07 Å². The molecule has 0 amide bonds. The Hall–Kier alpha value is -0.720. The Morgan fingerprint density at radius 3 is 2.10 bits per heavy atom. The number of nitrogens with zero attached hydrogens (tertiary/aromatic N) is 1. The summed E-state index contributed by atoms with van der Waals surface area (Å²) in [6, 6.07) is 1.22. The van der Waals surface area contributed by atoms with Crippen LogP contribution < -0.4 is 0 Å². The largest absolute Gasteiger partial charge is 0.404 e. The van der Waals surface area contributed by atoms with E-state index in [0.717, 1.165) is 0 Å². The molecule has 1 nitrogen and oxygen atoms in total. The Morgan fingerprint density at radius 1 is 1.50 bits per heavy atom. The Kier molecular flexibility index (Phi) is 3.20. The fourth-order valence-corrected chi connectivity index (χ4v) is 0.590. The summed E-state index contributed by atoms with van der Waals surface area (Å²) in [5.74, 6) is -1.78. The zero-order valence-electron chi connectivity index (χ0n) is 5.57. The maximum atomic E-state index is 11.7. The summed E-state index contributed by atoms with van der Waals surface area (Å²) in [6.45, 7) is 1.62. The average molecular weight is 151 g/mol. The Labute approximate surface area is 57.5 Å². The summed E-state index contributed by atoms with van der Waals surface area (Å²) in [4.78, 5) is 0. The number of halogens is 3. The van der Waals surface area contributed by atoms with Crippen LogP contribution in [0.4, 0.5) is 13.2 Å². The van der Waals surface area contributed by atoms with Crippen molar-refractivity contribution in [3.05, 3.63) is 0 Å². The van der Waals surface area contributed by atoms with Crippen LogP contribution in [0.2, 0.25) is 0 Å². The van der Waals surface area contributed by atoms with E-state index in [4.69, 9.17) is 5.26 Å². The highest BCUT2D eigenvalue weighted by Crippen LogP contribution is 2.28. The van der Waals surface area contributed by atoms with Gasteiger partial charge in [0, 0.05) is 0 Å². The quantitative estimate of drug-likeness (QED) is 0.594. The molecule has 4 heteroatoms. The van der Waals surface area contributed by atoms with E-state index in [1.807, 2.05) is 0 Å². The Balaban J connectivity index is 3.98. The van der Waals surface area contributed by atoms with Crippen LogP contribution in [0.5, 0.6) is 0 Å². The fourth-order valence-electron chi connectivity index (χ4n) is 0.590. The molecule has 0 saturated heterocycles. The molecular formula is C6H8F3N. The van der Waals surface area contributed by atoms with Gasteiger partial charge in [-0.2, -0.15) is 18.4 Å². The summed E-state index contributed by atoms with van der Waals surface area (Å²) in [6.07, 6.45) is -4.05. The number of hydrogen-bond donors (Lipinski definition) is 0. The van der Waals surface area contributed by atoms with Gasteiger partial charge in [0.05, 0.1) is 6.07 Å². The second kappa shape index (κ2) is 3.45. The second-order valence-electron chi connectivity index (χ2n) is 2.01. The van der Waals surface area contributed by atoms with Gasteiger partial charge in [-0.1, -0.05) is 13.3 Å². The van der Waals surface area contributed by atoms with Gasteiger partial charge in [-0.15, -0.1) is 0 Å². The zero-order chi connectivity index (χ0) is 8.20. The molecule has 0 N–H and O–H groups in total. The molecule has 0 fully saturated rings. The number of nitriles is 1. The fraction of sp³-hybridized carbons (Fsp3) is 0.833. The van der Waals surface area contributed by atoms with Gasteiger partial charge in [0.1, 0.15) is 5.92 Å². The van der Waals surface area contributed by atoms with Crippen molar-refractivity contribution in [3.8, 4) is 6.07 Å². The van der Waals surface area contributed by atoms with E-state index in [0.29, 0.717) is 6.42 Å². The maximum Gasteiger partial charge on any atom is 0.404 e. The van der Waals surface area contributed by atoms with Crippen LogP contribution in [-0.2, 0) is 0 Å².